The summed E-state index contributed by atoms with van der Waals surface area (Å²) in [6, 6.07) is 7.17. The van der Waals surface area contributed by atoms with E-state index in [0.29, 0.717) is 6.04 Å². The summed E-state index contributed by atoms with van der Waals surface area (Å²) in [6.45, 7) is 10.0. The molecule has 1 aromatic rings. The van der Waals surface area contributed by atoms with Gasteiger partial charge in [-0.25, -0.2) is 0 Å². The molecule has 18 heavy (non-hydrogen) atoms. The molecule has 1 rings (SSSR count). The Kier molecular flexibility index (Phi) is 7.45. The molecule has 1 aromatic carbocycles. The van der Waals surface area contributed by atoms with Crippen LogP contribution >= 0.6 is 11.8 Å². The summed E-state index contributed by atoms with van der Waals surface area (Å²) in [7, 11) is 0. The molecule has 0 aliphatic carbocycles. The number of nitrogens with one attached hydrogen (secondary N) is 1. The fourth-order valence-electron chi connectivity index (χ4n) is 2.07. The highest BCUT2D eigenvalue weighted by Crippen LogP contribution is 2.24. The van der Waals surface area contributed by atoms with E-state index in [1.807, 2.05) is 0 Å². The van der Waals surface area contributed by atoms with Crippen molar-refractivity contribution in [3.05, 3.63) is 34.9 Å². The monoisotopic (exact) mass is 265 g/mol. The second-order valence-electron chi connectivity index (χ2n) is 4.87. The normalized spacial score (nSPS) is 12.7. The molecule has 1 unspecified atom stereocenters. The van der Waals surface area contributed by atoms with Crippen LogP contribution in [0.1, 0.15) is 49.4 Å². The summed E-state index contributed by atoms with van der Waals surface area (Å²) in [5, 5.41) is 3.69. The van der Waals surface area contributed by atoms with Gasteiger partial charge in [-0.15, -0.1) is 0 Å². The summed E-state index contributed by atoms with van der Waals surface area (Å²) >= 11 is 2.06. The van der Waals surface area contributed by atoms with E-state index < -0.39 is 0 Å². The minimum Gasteiger partial charge on any atom is -0.309 e. The second kappa shape index (κ2) is 8.60. The Balaban J connectivity index is 2.76. The minimum atomic E-state index is 0.501. The lowest BCUT2D eigenvalue weighted by atomic mass is 9.98. The predicted octanol–water partition coefficient (Wildman–Crippen LogP) is 4.49. The van der Waals surface area contributed by atoms with Crippen LogP contribution in [0.15, 0.2) is 18.2 Å². The maximum Gasteiger partial charge on any atom is 0.0414 e. The summed E-state index contributed by atoms with van der Waals surface area (Å²) in [4.78, 5) is 0. The van der Waals surface area contributed by atoms with Gasteiger partial charge >= 0.3 is 0 Å². The third-order valence-corrected chi connectivity index (χ3v) is 4.56. The fourth-order valence-corrected chi connectivity index (χ4v) is 3.06. The quantitative estimate of drug-likeness (QED) is 0.695. The van der Waals surface area contributed by atoms with Crippen molar-refractivity contribution in [1.29, 1.82) is 0 Å². The Morgan fingerprint density at radius 3 is 2.61 bits per heavy atom. The first-order chi connectivity index (χ1) is 8.70. The molecule has 1 atom stereocenters. The number of aryl methyl sites for hydroxylation is 1. The van der Waals surface area contributed by atoms with E-state index >= 15 is 0 Å². The molecular weight excluding hydrogens is 238 g/mol. The van der Waals surface area contributed by atoms with Gasteiger partial charge in [-0.3, -0.25) is 0 Å². The lowest BCUT2D eigenvalue weighted by Gasteiger charge is -2.21. The number of rotatable bonds is 8. The van der Waals surface area contributed by atoms with E-state index in [-0.39, 0.29) is 0 Å². The molecule has 102 valence electrons. The SMILES string of the molecule is CCCNC(CSCCC)c1cccc(C)c1C. The van der Waals surface area contributed by atoms with Gasteiger partial charge in [-0.05, 0) is 55.7 Å². The lowest BCUT2D eigenvalue weighted by Crippen LogP contribution is -2.25. The Morgan fingerprint density at radius 2 is 1.94 bits per heavy atom. The first-order valence-electron chi connectivity index (χ1n) is 7.07. The molecule has 0 spiro atoms. The average molecular weight is 265 g/mol. The smallest absolute Gasteiger partial charge is 0.0414 e. The van der Waals surface area contributed by atoms with Crippen molar-refractivity contribution in [1.82, 2.24) is 5.32 Å². The lowest BCUT2D eigenvalue weighted by molar-refractivity contribution is 0.574. The van der Waals surface area contributed by atoms with E-state index in [2.05, 4.69) is 63.0 Å². The first-order valence-corrected chi connectivity index (χ1v) is 8.23. The van der Waals surface area contributed by atoms with Gasteiger partial charge in [-0.2, -0.15) is 11.8 Å². The van der Waals surface area contributed by atoms with Crippen molar-refractivity contribution in [2.75, 3.05) is 18.1 Å². The number of hydrogen-bond acceptors (Lipinski definition) is 2. The van der Waals surface area contributed by atoms with Crippen LogP contribution in [0, 0.1) is 13.8 Å². The van der Waals surface area contributed by atoms with Crippen LogP contribution in [0.2, 0.25) is 0 Å². The van der Waals surface area contributed by atoms with E-state index in [9.17, 15) is 0 Å². The van der Waals surface area contributed by atoms with Gasteiger partial charge < -0.3 is 5.32 Å². The Morgan fingerprint density at radius 1 is 1.17 bits per heavy atom. The zero-order valence-electron chi connectivity index (χ0n) is 12.3. The molecule has 0 aliphatic rings. The standard InChI is InChI=1S/C16H27NS/c1-5-10-17-16(12-18-11-6-2)15-9-7-8-13(3)14(15)4/h7-9,16-17H,5-6,10-12H2,1-4H3. The average Bonchev–Trinajstić information content (AvgIpc) is 2.37. The fraction of sp³-hybridized carbons (Fsp3) is 0.625. The van der Waals surface area contributed by atoms with Crippen LogP contribution in [0.4, 0.5) is 0 Å². The van der Waals surface area contributed by atoms with Crippen LogP contribution in [-0.4, -0.2) is 18.1 Å². The van der Waals surface area contributed by atoms with Gasteiger partial charge in [0.1, 0.15) is 0 Å². The first kappa shape index (κ1) is 15.6. The summed E-state index contributed by atoms with van der Waals surface area (Å²) in [5.74, 6) is 2.44. The summed E-state index contributed by atoms with van der Waals surface area (Å²) in [6.07, 6.45) is 2.46. The highest BCUT2D eigenvalue weighted by atomic mass is 32.2. The van der Waals surface area contributed by atoms with Gasteiger partial charge in [-0.1, -0.05) is 32.0 Å². The third kappa shape index (κ3) is 4.66. The van der Waals surface area contributed by atoms with E-state index in [1.54, 1.807) is 0 Å². The number of thioether (sulfide) groups is 1. The minimum absolute atomic E-state index is 0.501. The van der Waals surface area contributed by atoms with E-state index in [4.69, 9.17) is 0 Å². The molecule has 2 heteroatoms. The van der Waals surface area contributed by atoms with Gasteiger partial charge in [0.2, 0.25) is 0 Å². The zero-order chi connectivity index (χ0) is 13.4. The molecule has 0 saturated heterocycles. The molecule has 0 bridgehead atoms. The summed E-state index contributed by atoms with van der Waals surface area (Å²) in [5.41, 5.74) is 4.33. The second-order valence-corrected chi connectivity index (χ2v) is 6.02. The van der Waals surface area contributed by atoms with Crippen molar-refractivity contribution in [2.45, 2.75) is 46.6 Å². The van der Waals surface area contributed by atoms with E-state index in [1.165, 1.54) is 41.0 Å². The molecule has 0 radical (unpaired) electrons. The van der Waals surface area contributed by atoms with Gasteiger partial charge in [0, 0.05) is 11.8 Å². The number of hydrogen-bond donors (Lipinski definition) is 1. The highest BCUT2D eigenvalue weighted by Gasteiger charge is 2.13. The zero-order valence-corrected chi connectivity index (χ0v) is 13.1. The van der Waals surface area contributed by atoms with Crippen molar-refractivity contribution in [2.24, 2.45) is 0 Å². The molecule has 0 fully saturated rings. The van der Waals surface area contributed by atoms with Crippen LogP contribution in [0.25, 0.3) is 0 Å². The maximum atomic E-state index is 3.69. The topological polar surface area (TPSA) is 12.0 Å². The molecule has 1 nitrogen and oxygen atoms in total. The van der Waals surface area contributed by atoms with Crippen LogP contribution in [-0.2, 0) is 0 Å². The van der Waals surface area contributed by atoms with Gasteiger partial charge in [0.05, 0.1) is 0 Å². The Bertz CT molecular complexity index is 349. The molecule has 0 amide bonds. The predicted molar refractivity (Wildman–Crippen MR) is 84.6 cm³/mol. The van der Waals surface area contributed by atoms with Crippen molar-refractivity contribution >= 4 is 11.8 Å². The number of benzene rings is 1. The third-order valence-electron chi connectivity index (χ3n) is 3.30. The molecule has 0 aromatic heterocycles. The van der Waals surface area contributed by atoms with Crippen LogP contribution in [0.3, 0.4) is 0 Å². The molecule has 0 heterocycles. The maximum absolute atomic E-state index is 3.69. The molecule has 0 saturated carbocycles. The van der Waals surface area contributed by atoms with Gasteiger partial charge in [0.15, 0.2) is 0 Å². The van der Waals surface area contributed by atoms with Crippen molar-refractivity contribution in [3.8, 4) is 0 Å². The van der Waals surface area contributed by atoms with Gasteiger partial charge in [0.25, 0.3) is 0 Å². The molecule has 0 aliphatic heterocycles. The van der Waals surface area contributed by atoms with Crippen LogP contribution in [0.5, 0.6) is 0 Å². The Hall–Kier alpha value is -0.470. The van der Waals surface area contributed by atoms with Crippen molar-refractivity contribution < 1.29 is 0 Å². The molecule has 1 N–H and O–H groups in total. The highest BCUT2D eigenvalue weighted by molar-refractivity contribution is 7.99. The Labute approximate surface area is 117 Å². The largest absolute Gasteiger partial charge is 0.309 e. The summed E-state index contributed by atoms with van der Waals surface area (Å²) < 4.78 is 0. The van der Waals surface area contributed by atoms with Crippen LogP contribution < -0.4 is 5.32 Å². The molecular formula is C16H27NS. The van der Waals surface area contributed by atoms with Crippen molar-refractivity contribution in [3.63, 3.8) is 0 Å². The van der Waals surface area contributed by atoms with E-state index in [0.717, 1.165) is 6.54 Å².